The molecule has 1 unspecified atom stereocenters. The molecule has 0 aliphatic heterocycles. The molecule has 0 heterocycles. The summed E-state index contributed by atoms with van der Waals surface area (Å²) >= 11 is 0. The highest BCUT2D eigenvalue weighted by atomic mass is 19.3. The number of hydrogen-bond acceptors (Lipinski definition) is 4. The molecule has 0 saturated heterocycles. The number of rotatable bonds is 7. The van der Waals surface area contributed by atoms with E-state index >= 15 is 0 Å². The first-order valence-electron chi connectivity index (χ1n) is 10.6. The Morgan fingerprint density at radius 2 is 1.78 bits per heavy atom. The van der Waals surface area contributed by atoms with Crippen molar-refractivity contribution in [3.05, 3.63) is 82.9 Å². The van der Waals surface area contributed by atoms with Crippen LogP contribution in [0.4, 0.5) is 8.78 Å². The van der Waals surface area contributed by atoms with E-state index in [2.05, 4.69) is 22.9 Å². The number of carbonyl (C=O) groups is 1. The van der Waals surface area contributed by atoms with Gasteiger partial charge in [0, 0.05) is 17.5 Å². The van der Waals surface area contributed by atoms with Crippen molar-refractivity contribution < 1.29 is 28.2 Å². The number of hydrogen-bond donors (Lipinski definition) is 0. The van der Waals surface area contributed by atoms with Crippen molar-refractivity contribution in [1.82, 2.24) is 0 Å². The maximum absolute atomic E-state index is 12.5. The van der Waals surface area contributed by atoms with E-state index in [1.807, 2.05) is 18.2 Å². The number of fused-ring (bicyclic) bond motifs is 3. The third-order valence-electron chi connectivity index (χ3n) is 6.29. The van der Waals surface area contributed by atoms with Gasteiger partial charge in [-0.15, -0.1) is 0 Å². The van der Waals surface area contributed by atoms with Crippen LogP contribution < -0.4 is 14.6 Å². The van der Waals surface area contributed by atoms with Crippen LogP contribution in [0.25, 0.3) is 11.1 Å². The molecule has 32 heavy (non-hydrogen) atoms. The maximum Gasteiger partial charge on any atom is 0.387 e. The van der Waals surface area contributed by atoms with Crippen molar-refractivity contribution in [1.29, 1.82) is 0 Å². The Kier molecular flexibility index (Phi) is 4.88. The smallest absolute Gasteiger partial charge is 0.387 e. The van der Waals surface area contributed by atoms with E-state index in [9.17, 15) is 18.7 Å². The number of halogens is 2. The molecule has 0 bridgehead atoms. The highest BCUT2D eigenvalue weighted by Crippen LogP contribution is 2.49. The summed E-state index contributed by atoms with van der Waals surface area (Å²) < 4.78 is 35.5. The van der Waals surface area contributed by atoms with Crippen molar-refractivity contribution in [2.75, 3.05) is 0 Å². The molecule has 0 N–H and O–H groups in total. The summed E-state index contributed by atoms with van der Waals surface area (Å²) in [5.41, 5.74) is 3.93. The van der Waals surface area contributed by atoms with Gasteiger partial charge in [0.2, 0.25) is 0 Å². The van der Waals surface area contributed by atoms with Crippen molar-refractivity contribution in [3.8, 4) is 22.6 Å². The zero-order valence-electron chi connectivity index (χ0n) is 17.4. The lowest BCUT2D eigenvalue weighted by atomic mass is 9.94. The number of carbonyl (C=O) groups excluding carboxylic acids is 1. The van der Waals surface area contributed by atoms with Gasteiger partial charge in [0.05, 0.1) is 5.97 Å². The predicted molar refractivity (Wildman–Crippen MR) is 113 cm³/mol. The summed E-state index contributed by atoms with van der Waals surface area (Å²) in [7, 11) is 0. The van der Waals surface area contributed by atoms with Crippen molar-refractivity contribution in [2.24, 2.45) is 0 Å². The first kappa shape index (κ1) is 20.5. The van der Waals surface area contributed by atoms with Gasteiger partial charge in [0.15, 0.2) is 5.60 Å². The fraction of sp³-hybridized carbons (Fsp3) is 0.269. The van der Waals surface area contributed by atoms with Gasteiger partial charge in [-0.25, -0.2) is 0 Å². The quantitative estimate of drug-likeness (QED) is 0.419. The highest BCUT2D eigenvalue weighted by Gasteiger charge is 2.35. The minimum absolute atomic E-state index is 0.0588. The summed E-state index contributed by atoms with van der Waals surface area (Å²) in [6, 6.07) is 17.7. The molecular formula is C26H21F2O4-. The van der Waals surface area contributed by atoms with E-state index in [1.54, 1.807) is 0 Å². The molecule has 3 aromatic rings. The zero-order chi connectivity index (χ0) is 22.5. The van der Waals surface area contributed by atoms with Crippen LogP contribution in [0.1, 0.15) is 47.9 Å². The Labute approximate surface area is 184 Å². The van der Waals surface area contributed by atoms with Gasteiger partial charge in [-0.3, -0.25) is 0 Å². The van der Waals surface area contributed by atoms with Gasteiger partial charge in [0.25, 0.3) is 0 Å². The summed E-state index contributed by atoms with van der Waals surface area (Å²) in [6.07, 6.45) is 2.85. The van der Waals surface area contributed by atoms with Crippen LogP contribution >= 0.6 is 0 Å². The van der Waals surface area contributed by atoms with E-state index in [0.29, 0.717) is 18.1 Å². The van der Waals surface area contributed by atoms with Crippen LogP contribution in [0.2, 0.25) is 0 Å². The van der Waals surface area contributed by atoms with Gasteiger partial charge in [-0.1, -0.05) is 42.5 Å². The Balaban J connectivity index is 1.55. The monoisotopic (exact) mass is 435 g/mol. The van der Waals surface area contributed by atoms with Crippen LogP contribution in [0.5, 0.6) is 11.5 Å². The van der Waals surface area contributed by atoms with Crippen LogP contribution in [0.3, 0.4) is 0 Å². The molecule has 5 rings (SSSR count). The average Bonchev–Trinajstić information content (AvgIpc) is 3.54. The number of carboxylic acids is 1. The third-order valence-corrected chi connectivity index (χ3v) is 6.29. The minimum atomic E-state index is -2.96. The second-order valence-corrected chi connectivity index (χ2v) is 8.48. The molecule has 2 aliphatic carbocycles. The van der Waals surface area contributed by atoms with Crippen molar-refractivity contribution in [3.63, 3.8) is 0 Å². The van der Waals surface area contributed by atoms with Crippen LogP contribution in [-0.2, 0) is 16.8 Å². The summed E-state index contributed by atoms with van der Waals surface area (Å²) in [6.45, 7) is -1.54. The molecular weight excluding hydrogens is 414 g/mol. The fourth-order valence-electron chi connectivity index (χ4n) is 4.35. The Hall–Kier alpha value is -3.41. The molecule has 0 spiro atoms. The Bertz CT molecular complexity index is 1180. The lowest BCUT2D eigenvalue weighted by molar-refractivity contribution is -0.322. The molecule has 4 nitrogen and oxygen atoms in total. The Morgan fingerprint density at radius 1 is 1.06 bits per heavy atom. The van der Waals surface area contributed by atoms with Gasteiger partial charge < -0.3 is 19.4 Å². The van der Waals surface area contributed by atoms with Crippen LogP contribution in [0.15, 0.2) is 60.7 Å². The van der Waals surface area contributed by atoms with Crippen molar-refractivity contribution >= 4 is 5.97 Å². The summed E-state index contributed by atoms with van der Waals surface area (Å²) in [5, 5.41) is 12.3. The molecule has 0 aromatic heterocycles. The molecule has 1 saturated carbocycles. The lowest BCUT2D eigenvalue weighted by Gasteiger charge is -2.33. The molecule has 164 valence electrons. The number of alkyl halides is 2. The maximum atomic E-state index is 12.5. The number of carboxylic acid groups (broad SMARTS) is 1. The Morgan fingerprint density at radius 3 is 2.44 bits per heavy atom. The average molecular weight is 435 g/mol. The van der Waals surface area contributed by atoms with Crippen molar-refractivity contribution in [2.45, 2.75) is 44.3 Å². The van der Waals surface area contributed by atoms with E-state index in [0.717, 1.165) is 35.1 Å². The first-order chi connectivity index (χ1) is 15.3. The summed E-state index contributed by atoms with van der Waals surface area (Å²) in [5.74, 6) is -0.506. The fourth-order valence-corrected chi connectivity index (χ4v) is 4.35. The third kappa shape index (κ3) is 3.60. The SMILES string of the molecule is CC(Oc1cc(C2CC2)cc2c1Cc1ccccc1-2)(C(=O)[O-])c1ccc(OC(F)F)cc1. The second-order valence-electron chi connectivity index (χ2n) is 8.48. The van der Waals surface area contributed by atoms with E-state index in [4.69, 9.17) is 4.74 Å². The second kappa shape index (κ2) is 7.62. The van der Waals surface area contributed by atoms with Crippen LogP contribution in [0, 0.1) is 0 Å². The topological polar surface area (TPSA) is 58.6 Å². The molecule has 3 aromatic carbocycles. The largest absolute Gasteiger partial charge is 0.545 e. The lowest BCUT2D eigenvalue weighted by Crippen LogP contribution is -2.48. The van der Waals surface area contributed by atoms with Gasteiger partial charge in [-0.2, -0.15) is 8.78 Å². The number of aliphatic carboxylic acids is 1. The number of ether oxygens (including phenoxy) is 2. The first-order valence-corrected chi connectivity index (χ1v) is 10.6. The highest BCUT2D eigenvalue weighted by molar-refractivity contribution is 5.81. The molecule has 6 heteroatoms. The standard InChI is InChI=1S/C26H22F2O4/c1-26(24(29)30,18-8-10-19(11-9-18)31-25(27)28)32-23-14-17(15-6-7-15)13-21-20-5-3-2-4-16(20)12-22(21)23/h2-5,8-11,13-15,25H,6-7,12H2,1H3,(H,29,30)/p-1. The predicted octanol–water partition coefficient (Wildman–Crippen LogP) is 4.78. The minimum Gasteiger partial charge on any atom is -0.545 e. The normalized spacial score (nSPS) is 16.2. The molecule has 1 fully saturated rings. The molecule has 1 atom stereocenters. The van der Waals surface area contributed by atoms with Gasteiger partial charge in [0.1, 0.15) is 11.5 Å². The van der Waals surface area contributed by atoms with E-state index in [1.165, 1.54) is 36.8 Å². The molecule has 2 aliphatic rings. The van der Waals surface area contributed by atoms with E-state index < -0.39 is 18.2 Å². The van der Waals surface area contributed by atoms with Gasteiger partial charge >= 0.3 is 6.61 Å². The van der Waals surface area contributed by atoms with E-state index in [-0.39, 0.29) is 11.3 Å². The molecule has 0 radical (unpaired) electrons. The van der Waals surface area contributed by atoms with Gasteiger partial charge in [-0.05, 0) is 66.1 Å². The number of benzene rings is 3. The van der Waals surface area contributed by atoms with Crippen LogP contribution in [-0.4, -0.2) is 12.6 Å². The molecule has 0 amide bonds. The summed E-state index contributed by atoms with van der Waals surface area (Å²) in [4.78, 5) is 12.3. The zero-order valence-corrected chi connectivity index (χ0v) is 17.4.